The van der Waals surface area contributed by atoms with E-state index in [9.17, 15) is 4.79 Å². The molecule has 0 bridgehead atoms. The SMILES string of the molecule is O=C(c1cccs1)N(C(=S)N1CCc2ccccc2C1)c1ccccc1. The van der Waals surface area contributed by atoms with E-state index in [1.54, 1.807) is 4.90 Å². The molecule has 0 saturated carbocycles. The van der Waals surface area contributed by atoms with Crippen LogP contribution in [-0.2, 0) is 13.0 Å². The molecule has 0 unspecified atom stereocenters. The number of fused-ring (bicyclic) bond motifs is 1. The molecule has 0 aliphatic carbocycles. The zero-order valence-corrected chi connectivity index (χ0v) is 15.8. The first kappa shape index (κ1) is 16.9. The molecular formula is C21H18N2OS2. The summed E-state index contributed by atoms with van der Waals surface area (Å²) < 4.78 is 0. The number of thiocarbonyl (C=S) groups is 1. The number of carbonyl (C=O) groups excluding carboxylic acids is 1. The van der Waals surface area contributed by atoms with Crippen LogP contribution in [-0.4, -0.2) is 22.5 Å². The van der Waals surface area contributed by atoms with Gasteiger partial charge in [-0.3, -0.25) is 9.69 Å². The second-order valence-electron chi connectivity index (χ2n) is 6.18. The molecule has 0 N–H and O–H groups in total. The fourth-order valence-corrected chi connectivity index (χ4v) is 4.20. The monoisotopic (exact) mass is 378 g/mol. The molecule has 3 aromatic rings. The Morgan fingerprint density at radius 1 is 0.962 bits per heavy atom. The molecule has 0 radical (unpaired) electrons. The van der Waals surface area contributed by atoms with Gasteiger partial charge in [0, 0.05) is 13.1 Å². The minimum absolute atomic E-state index is 0.0740. The lowest BCUT2D eigenvalue weighted by atomic mass is 10.0. The van der Waals surface area contributed by atoms with Crippen LogP contribution in [0.2, 0.25) is 0 Å². The zero-order chi connectivity index (χ0) is 17.9. The number of nitrogens with zero attached hydrogens (tertiary/aromatic N) is 2. The molecule has 26 heavy (non-hydrogen) atoms. The largest absolute Gasteiger partial charge is 0.344 e. The Labute approximate surface area is 162 Å². The van der Waals surface area contributed by atoms with Crippen molar-refractivity contribution in [3.8, 4) is 0 Å². The third-order valence-corrected chi connectivity index (χ3v) is 5.84. The molecule has 2 heterocycles. The molecule has 0 saturated heterocycles. The van der Waals surface area contributed by atoms with Crippen molar-refractivity contribution in [1.82, 2.24) is 4.90 Å². The highest BCUT2D eigenvalue weighted by Gasteiger charge is 2.28. The summed E-state index contributed by atoms with van der Waals surface area (Å²) in [5.41, 5.74) is 3.44. The lowest BCUT2D eigenvalue weighted by Crippen LogP contribution is -2.47. The second-order valence-corrected chi connectivity index (χ2v) is 7.49. The van der Waals surface area contributed by atoms with Crippen LogP contribution in [0.1, 0.15) is 20.8 Å². The van der Waals surface area contributed by atoms with E-state index in [1.165, 1.54) is 22.5 Å². The van der Waals surface area contributed by atoms with Gasteiger partial charge >= 0.3 is 0 Å². The van der Waals surface area contributed by atoms with Crippen LogP contribution in [0.4, 0.5) is 5.69 Å². The van der Waals surface area contributed by atoms with Gasteiger partial charge in [-0.2, -0.15) is 0 Å². The van der Waals surface area contributed by atoms with Gasteiger partial charge in [-0.25, -0.2) is 0 Å². The van der Waals surface area contributed by atoms with Crippen LogP contribution in [0, 0.1) is 0 Å². The van der Waals surface area contributed by atoms with Crippen LogP contribution in [0.15, 0.2) is 72.1 Å². The van der Waals surface area contributed by atoms with Crippen molar-refractivity contribution < 1.29 is 4.79 Å². The molecule has 4 rings (SSSR count). The van der Waals surface area contributed by atoms with Crippen molar-refractivity contribution in [3.63, 3.8) is 0 Å². The number of thiophene rings is 1. The maximum Gasteiger partial charge on any atom is 0.274 e. The first-order valence-corrected chi connectivity index (χ1v) is 9.81. The number of benzene rings is 2. The molecule has 1 amide bonds. The third-order valence-electron chi connectivity index (χ3n) is 4.54. The molecule has 3 nitrogen and oxygen atoms in total. The molecule has 0 fully saturated rings. The Morgan fingerprint density at radius 3 is 2.42 bits per heavy atom. The topological polar surface area (TPSA) is 23.6 Å². The van der Waals surface area contributed by atoms with Gasteiger partial charge in [-0.15, -0.1) is 11.3 Å². The number of para-hydroxylation sites is 1. The lowest BCUT2D eigenvalue weighted by molar-refractivity contribution is 0.100. The molecule has 0 atom stereocenters. The van der Waals surface area contributed by atoms with Gasteiger partial charge < -0.3 is 4.90 Å². The summed E-state index contributed by atoms with van der Waals surface area (Å²) in [7, 11) is 0. The zero-order valence-electron chi connectivity index (χ0n) is 14.2. The van der Waals surface area contributed by atoms with E-state index >= 15 is 0 Å². The van der Waals surface area contributed by atoms with Crippen molar-refractivity contribution in [2.45, 2.75) is 13.0 Å². The summed E-state index contributed by atoms with van der Waals surface area (Å²) in [6.45, 7) is 1.55. The van der Waals surface area contributed by atoms with Crippen LogP contribution in [0.5, 0.6) is 0 Å². The summed E-state index contributed by atoms with van der Waals surface area (Å²) >= 11 is 7.23. The van der Waals surface area contributed by atoms with Crippen LogP contribution in [0.25, 0.3) is 0 Å². The number of anilines is 1. The molecule has 5 heteroatoms. The molecule has 2 aromatic carbocycles. The minimum Gasteiger partial charge on any atom is -0.344 e. The highest BCUT2D eigenvalue weighted by Crippen LogP contribution is 2.25. The maximum atomic E-state index is 13.2. The predicted octanol–water partition coefficient (Wildman–Crippen LogP) is 4.74. The van der Waals surface area contributed by atoms with Gasteiger partial charge in [0.15, 0.2) is 5.11 Å². The number of rotatable bonds is 2. The standard InChI is InChI=1S/C21H18N2OS2/c24-20(19-11-6-14-26-19)23(18-9-2-1-3-10-18)21(25)22-13-12-16-7-4-5-8-17(16)15-22/h1-11,14H,12-13,15H2. The number of hydrogen-bond donors (Lipinski definition) is 0. The quantitative estimate of drug-likeness (QED) is 0.602. The number of carbonyl (C=O) groups is 1. The van der Waals surface area contributed by atoms with Crippen LogP contribution in [0.3, 0.4) is 0 Å². The van der Waals surface area contributed by atoms with E-state index in [1.807, 2.05) is 47.8 Å². The van der Waals surface area contributed by atoms with Crippen molar-refractivity contribution in [3.05, 3.63) is 88.1 Å². The van der Waals surface area contributed by atoms with E-state index in [2.05, 4.69) is 29.2 Å². The van der Waals surface area contributed by atoms with Crippen molar-refractivity contribution >= 4 is 40.3 Å². The Balaban J connectivity index is 1.66. The fraction of sp³-hybridized carbons (Fsp3) is 0.143. The van der Waals surface area contributed by atoms with Crippen molar-refractivity contribution in [1.29, 1.82) is 0 Å². The van der Waals surface area contributed by atoms with Gasteiger partial charge in [-0.05, 0) is 53.3 Å². The number of hydrogen-bond acceptors (Lipinski definition) is 3. The van der Waals surface area contributed by atoms with E-state index in [-0.39, 0.29) is 5.91 Å². The predicted molar refractivity (Wildman–Crippen MR) is 111 cm³/mol. The molecule has 0 spiro atoms. The molecule has 1 aliphatic rings. The maximum absolute atomic E-state index is 13.2. The van der Waals surface area contributed by atoms with E-state index in [0.717, 1.165) is 25.2 Å². The summed E-state index contributed by atoms with van der Waals surface area (Å²) in [5, 5.41) is 2.47. The van der Waals surface area contributed by atoms with Crippen molar-refractivity contribution in [2.75, 3.05) is 11.4 Å². The fourth-order valence-electron chi connectivity index (χ4n) is 3.20. The van der Waals surface area contributed by atoms with Crippen LogP contribution >= 0.6 is 23.6 Å². The van der Waals surface area contributed by atoms with E-state index in [0.29, 0.717) is 9.99 Å². The van der Waals surface area contributed by atoms with Gasteiger partial charge in [-0.1, -0.05) is 48.5 Å². The first-order chi connectivity index (χ1) is 12.7. The van der Waals surface area contributed by atoms with Gasteiger partial charge in [0.1, 0.15) is 0 Å². The second kappa shape index (κ2) is 7.40. The minimum atomic E-state index is -0.0740. The molecule has 1 aromatic heterocycles. The Hall–Kier alpha value is -2.50. The smallest absolute Gasteiger partial charge is 0.274 e. The summed E-state index contributed by atoms with van der Waals surface area (Å²) in [6.07, 6.45) is 0.937. The van der Waals surface area contributed by atoms with Gasteiger partial charge in [0.25, 0.3) is 5.91 Å². The van der Waals surface area contributed by atoms with Crippen LogP contribution < -0.4 is 4.90 Å². The third kappa shape index (κ3) is 3.28. The first-order valence-electron chi connectivity index (χ1n) is 8.53. The highest BCUT2D eigenvalue weighted by atomic mass is 32.1. The summed E-state index contributed by atoms with van der Waals surface area (Å²) in [6, 6.07) is 21.8. The van der Waals surface area contributed by atoms with Gasteiger partial charge in [0.2, 0.25) is 0 Å². The molecule has 1 aliphatic heterocycles. The average molecular weight is 379 g/mol. The summed E-state index contributed by atoms with van der Waals surface area (Å²) in [5.74, 6) is -0.0740. The Morgan fingerprint density at radius 2 is 1.69 bits per heavy atom. The molecule has 130 valence electrons. The normalized spacial score (nSPS) is 13.2. The van der Waals surface area contributed by atoms with Gasteiger partial charge in [0.05, 0.1) is 10.6 Å². The Bertz CT molecular complexity index is 922. The molecular weight excluding hydrogens is 360 g/mol. The van der Waals surface area contributed by atoms with E-state index in [4.69, 9.17) is 12.2 Å². The Kier molecular flexibility index (Phi) is 4.82. The summed E-state index contributed by atoms with van der Waals surface area (Å²) in [4.78, 5) is 17.6. The number of amides is 1. The van der Waals surface area contributed by atoms with E-state index < -0.39 is 0 Å². The highest BCUT2D eigenvalue weighted by molar-refractivity contribution is 7.80. The van der Waals surface area contributed by atoms with Crippen molar-refractivity contribution in [2.24, 2.45) is 0 Å². The average Bonchev–Trinajstić information content (AvgIpc) is 3.23. The lowest BCUT2D eigenvalue weighted by Gasteiger charge is -2.35.